The van der Waals surface area contributed by atoms with Crippen LogP contribution in [0.2, 0.25) is 0 Å². The third-order valence-corrected chi connectivity index (χ3v) is 4.79. The number of carboxylic acids is 1. The van der Waals surface area contributed by atoms with Gasteiger partial charge in [0.05, 0.1) is 5.69 Å². The summed E-state index contributed by atoms with van der Waals surface area (Å²) in [4.78, 5) is 15.1. The van der Waals surface area contributed by atoms with Crippen LogP contribution in [0.3, 0.4) is 0 Å². The van der Waals surface area contributed by atoms with E-state index in [2.05, 4.69) is 42.0 Å². The third kappa shape index (κ3) is 7.42. The molecule has 0 radical (unpaired) electrons. The van der Waals surface area contributed by atoms with Gasteiger partial charge in [-0.25, -0.2) is 4.98 Å². The van der Waals surface area contributed by atoms with Crippen molar-refractivity contribution < 1.29 is 9.90 Å². The van der Waals surface area contributed by atoms with E-state index in [-0.39, 0.29) is 0 Å². The summed E-state index contributed by atoms with van der Waals surface area (Å²) in [7, 11) is 0. The van der Waals surface area contributed by atoms with Crippen LogP contribution in [0.5, 0.6) is 0 Å². The SMILES string of the molecule is Cc1nc(CCCCCCCCCCCC(=O)O)cn1-c1ccccc1. The van der Waals surface area contributed by atoms with Crippen molar-refractivity contribution >= 4 is 5.97 Å². The molecule has 26 heavy (non-hydrogen) atoms. The largest absolute Gasteiger partial charge is 0.481 e. The molecule has 4 nitrogen and oxygen atoms in total. The molecule has 0 saturated carbocycles. The van der Waals surface area contributed by atoms with Crippen LogP contribution < -0.4 is 0 Å². The van der Waals surface area contributed by atoms with Crippen LogP contribution in [0.1, 0.15) is 75.7 Å². The molecule has 0 aliphatic carbocycles. The van der Waals surface area contributed by atoms with Gasteiger partial charge in [0.2, 0.25) is 0 Å². The first-order valence-electron chi connectivity index (χ1n) is 9.99. The van der Waals surface area contributed by atoms with Crippen LogP contribution in [-0.2, 0) is 11.2 Å². The molecule has 0 saturated heterocycles. The molecule has 1 N–H and O–H groups in total. The minimum absolute atomic E-state index is 0.319. The Morgan fingerprint density at radius 2 is 1.50 bits per heavy atom. The first-order valence-corrected chi connectivity index (χ1v) is 9.99. The average Bonchev–Trinajstić information content (AvgIpc) is 3.01. The van der Waals surface area contributed by atoms with Gasteiger partial charge >= 0.3 is 5.97 Å². The van der Waals surface area contributed by atoms with Gasteiger partial charge in [0.1, 0.15) is 5.82 Å². The Morgan fingerprint density at radius 3 is 2.12 bits per heavy atom. The van der Waals surface area contributed by atoms with Crippen LogP contribution in [0.15, 0.2) is 36.5 Å². The van der Waals surface area contributed by atoms with Crippen LogP contribution in [0.25, 0.3) is 5.69 Å². The molecule has 0 aliphatic heterocycles. The maximum atomic E-state index is 10.4. The highest BCUT2D eigenvalue weighted by atomic mass is 16.4. The third-order valence-electron chi connectivity index (χ3n) is 4.79. The van der Waals surface area contributed by atoms with Gasteiger partial charge in [-0.15, -0.1) is 0 Å². The number of aromatic nitrogens is 2. The number of benzene rings is 1. The molecule has 0 bridgehead atoms. The lowest BCUT2D eigenvalue weighted by molar-refractivity contribution is -0.137. The number of hydrogen-bond donors (Lipinski definition) is 1. The topological polar surface area (TPSA) is 55.1 Å². The Morgan fingerprint density at radius 1 is 0.923 bits per heavy atom. The molecule has 1 aromatic heterocycles. The lowest BCUT2D eigenvalue weighted by Crippen LogP contribution is -1.93. The zero-order valence-electron chi connectivity index (χ0n) is 16.0. The van der Waals surface area contributed by atoms with Crippen LogP contribution in [0.4, 0.5) is 0 Å². The summed E-state index contributed by atoms with van der Waals surface area (Å²) >= 11 is 0. The van der Waals surface area contributed by atoms with Crippen LogP contribution in [0, 0.1) is 6.92 Å². The van der Waals surface area contributed by atoms with Crippen molar-refractivity contribution in [1.82, 2.24) is 9.55 Å². The van der Waals surface area contributed by atoms with E-state index in [9.17, 15) is 4.79 Å². The molecule has 0 spiro atoms. The maximum absolute atomic E-state index is 10.4. The maximum Gasteiger partial charge on any atom is 0.303 e. The highest BCUT2D eigenvalue weighted by molar-refractivity contribution is 5.66. The number of para-hydroxylation sites is 1. The monoisotopic (exact) mass is 356 g/mol. The van der Waals surface area contributed by atoms with E-state index in [1.54, 1.807) is 0 Å². The summed E-state index contributed by atoms with van der Waals surface area (Å²) < 4.78 is 2.17. The number of carboxylic acid groups (broad SMARTS) is 1. The van der Waals surface area contributed by atoms with Crippen molar-refractivity contribution in [3.8, 4) is 5.69 Å². The van der Waals surface area contributed by atoms with Gasteiger partial charge in [-0.2, -0.15) is 0 Å². The molecule has 0 amide bonds. The molecule has 1 heterocycles. The van der Waals surface area contributed by atoms with E-state index in [4.69, 9.17) is 10.1 Å². The molecule has 0 fully saturated rings. The van der Waals surface area contributed by atoms with E-state index in [1.165, 1.54) is 56.3 Å². The number of rotatable bonds is 13. The van der Waals surface area contributed by atoms with E-state index in [1.807, 2.05) is 6.07 Å². The number of imidazole rings is 1. The average molecular weight is 357 g/mol. The molecule has 2 rings (SSSR count). The molecule has 0 aliphatic rings. The van der Waals surface area contributed by atoms with E-state index < -0.39 is 5.97 Å². The van der Waals surface area contributed by atoms with E-state index >= 15 is 0 Å². The lowest BCUT2D eigenvalue weighted by Gasteiger charge is -2.03. The normalized spacial score (nSPS) is 11.0. The van der Waals surface area contributed by atoms with Crippen molar-refractivity contribution in [2.24, 2.45) is 0 Å². The fourth-order valence-corrected chi connectivity index (χ4v) is 3.32. The molecule has 4 heteroatoms. The van der Waals surface area contributed by atoms with Crippen molar-refractivity contribution in [3.05, 3.63) is 48.0 Å². The first-order chi connectivity index (χ1) is 12.7. The summed E-state index contributed by atoms with van der Waals surface area (Å²) in [6, 6.07) is 10.4. The lowest BCUT2D eigenvalue weighted by atomic mass is 10.1. The zero-order chi connectivity index (χ0) is 18.6. The highest BCUT2D eigenvalue weighted by Crippen LogP contribution is 2.15. The zero-order valence-corrected chi connectivity index (χ0v) is 16.0. The number of hydrogen-bond acceptors (Lipinski definition) is 2. The highest BCUT2D eigenvalue weighted by Gasteiger charge is 2.05. The molecule has 2 aromatic rings. The van der Waals surface area contributed by atoms with Gasteiger partial charge < -0.3 is 9.67 Å². The Labute approximate surface area is 157 Å². The fourth-order valence-electron chi connectivity index (χ4n) is 3.32. The van der Waals surface area contributed by atoms with Crippen molar-refractivity contribution in [2.45, 2.75) is 77.6 Å². The molecule has 0 atom stereocenters. The Balaban J connectivity index is 1.53. The number of unbranched alkanes of at least 4 members (excludes halogenated alkanes) is 8. The van der Waals surface area contributed by atoms with E-state index in [0.717, 1.165) is 25.1 Å². The Kier molecular flexibility index (Phi) is 8.94. The molecule has 0 unspecified atom stereocenters. The second-order valence-corrected chi connectivity index (χ2v) is 7.06. The number of aliphatic carboxylic acids is 1. The standard InChI is InChI=1S/C22H32N2O2/c1-19-23-20(18-24(19)21-15-11-9-12-16-21)14-10-7-5-3-2-4-6-8-13-17-22(25)26/h9,11-12,15-16,18H,2-8,10,13-14,17H2,1H3,(H,25,26). The van der Waals surface area contributed by atoms with Gasteiger partial charge in [0, 0.05) is 18.3 Å². The predicted molar refractivity (Wildman–Crippen MR) is 106 cm³/mol. The van der Waals surface area contributed by atoms with Gasteiger partial charge in [0.25, 0.3) is 0 Å². The molecular formula is C22H32N2O2. The quantitative estimate of drug-likeness (QED) is 0.468. The molecule has 142 valence electrons. The van der Waals surface area contributed by atoms with Crippen molar-refractivity contribution in [3.63, 3.8) is 0 Å². The summed E-state index contributed by atoms with van der Waals surface area (Å²) in [5, 5.41) is 8.59. The summed E-state index contributed by atoms with van der Waals surface area (Å²) in [6.45, 7) is 2.06. The van der Waals surface area contributed by atoms with Crippen LogP contribution in [-0.4, -0.2) is 20.6 Å². The number of aryl methyl sites for hydroxylation is 2. The van der Waals surface area contributed by atoms with Crippen molar-refractivity contribution in [2.75, 3.05) is 0 Å². The number of nitrogens with zero attached hydrogens (tertiary/aromatic N) is 2. The molecule has 1 aromatic carbocycles. The van der Waals surface area contributed by atoms with E-state index in [0.29, 0.717) is 6.42 Å². The minimum atomic E-state index is -0.672. The number of carbonyl (C=O) groups is 1. The van der Waals surface area contributed by atoms with Gasteiger partial charge in [0.15, 0.2) is 0 Å². The summed E-state index contributed by atoms with van der Waals surface area (Å²) in [5.41, 5.74) is 2.36. The second kappa shape index (κ2) is 11.5. The smallest absolute Gasteiger partial charge is 0.303 e. The van der Waals surface area contributed by atoms with Crippen LogP contribution >= 0.6 is 0 Å². The van der Waals surface area contributed by atoms with Gasteiger partial charge in [-0.1, -0.05) is 63.1 Å². The van der Waals surface area contributed by atoms with Gasteiger partial charge in [-0.3, -0.25) is 4.79 Å². The Hall–Kier alpha value is -2.10. The fraction of sp³-hybridized carbons (Fsp3) is 0.545. The molecular weight excluding hydrogens is 324 g/mol. The summed E-state index contributed by atoms with van der Waals surface area (Å²) in [6.07, 6.45) is 14.1. The second-order valence-electron chi connectivity index (χ2n) is 7.06. The minimum Gasteiger partial charge on any atom is -0.481 e. The first kappa shape index (κ1) is 20.2. The van der Waals surface area contributed by atoms with Gasteiger partial charge in [-0.05, 0) is 38.3 Å². The summed E-state index contributed by atoms with van der Waals surface area (Å²) in [5.74, 6) is 0.378. The van der Waals surface area contributed by atoms with Crippen molar-refractivity contribution in [1.29, 1.82) is 0 Å². The Bertz CT molecular complexity index is 649. The predicted octanol–water partition coefficient (Wildman–Crippen LogP) is 5.71.